The molecule has 2 aromatic rings. The highest BCUT2D eigenvalue weighted by Crippen LogP contribution is 2.40. The van der Waals surface area contributed by atoms with Crippen LogP contribution in [0.4, 0.5) is 0 Å². The van der Waals surface area contributed by atoms with Crippen molar-refractivity contribution < 1.29 is 4.79 Å². The van der Waals surface area contributed by atoms with Gasteiger partial charge in [-0.15, -0.1) is 18.3 Å². The van der Waals surface area contributed by atoms with Crippen molar-refractivity contribution in [2.75, 3.05) is 13.1 Å². The van der Waals surface area contributed by atoms with Crippen molar-refractivity contribution >= 4 is 17.5 Å². The third kappa shape index (κ3) is 3.26. The van der Waals surface area contributed by atoms with Crippen LogP contribution in [0.1, 0.15) is 35.2 Å². The lowest BCUT2D eigenvalue weighted by molar-refractivity contribution is 0.0779. The topological polar surface area (TPSA) is 51.0 Å². The van der Waals surface area contributed by atoms with Gasteiger partial charge in [0.05, 0.1) is 10.7 Å². The highest BCUT2D eigenvalue weighted by Gasteiger charge is 2.32. The molecular weight excluding hydrogens is 324 g/mol. The molecule has 3 rings (SSSR count). The molecule has 5 nitrogen and oxygen atoms in total. The summed E-state index contributed by atoms with van der Waals surface area (Å²) in [5.41, 5.74) is 0.742. The third-order valence-corrected chi connectivity index (χ3v) is 4.15. The molecule has 1 heterocycles. The molecule has 1 amide bonds. The van der Waals surface area contributed by atoms with Gasteiger partial charge in [-0.2, -0.15) is 0 Å². The summed E-state index contributed by atoms with van der Waals surface area (Å²) in [6, 6.07) is 7.44. The Labute approximate surface area is 146 Å². The van der Waals surface area contributed by atoms with E-state index >= 15 is 0 Å². The highest BCUT2D eigenvalue weighted by atomic mass is 35.5. The Morgan fingerprint density at radius 3 is 2.54 bits per heavy atom. The molecule has 0 spiro atoms. The van der Waals surface area contributed by atoms with Gasteiger partial charge in [0.1, 0.15) is 5.82 Å². The maximum absolute atomic E-state index is 12.7. The summed E-state index contributed by atoms with van der Waals surface area (Å²) in [5.74, 6) is 1.08. The Hall–Kier alpha value is -2.40. The van der Waals surface area contributed by atoms with Crippen molar-refractivity contribution in [3.63, 3.8) is 0 Å². The molecule has 1 fully saturated rings. The van der Waals surface area contributed by atoms with Crippen LogP contribution in [-0.4, -0.2) is 38.7 Å². The van der Waals surface area contributed by atoms with E-state index in [-0.39, 0.29) is 11.7 Å². The first-order valence-corrected chi connectivity index (χ1v) is 8.26. The number of aromatic nitrogens is 3. The molecule has 1 aromatic heterocycles. The Kier molecular flexibility index (Phi) is 4.81. The van der Waals surface area contributed by atoms with E-state index in [1.807, 2.05) is 18.2 Å². The van der Waals surface area contributed by atoms with Gasteiger partial charge in [-0.1, -0.05) is 35.9 Å². The van der Waals surface area contributed by atoms with Gasteiger partial charge in [0, 0.05) is 19.0 Å². The van der Waals surface area contributed by atoms with Crippen molar-refractivity contribution in [3.05, 3.63) is 66.2 Å². The summed E-state index contributed by atoms with van der Waals surface area (Å²) >= 11 is 6.30. The SMILES string of the molecule is C=CCN(CC=C)C(=O)c1nc(C2CC2)n(-c2ccccc2Cl)n1. The molecule has 0 N–H and O–H groups in total. The molecule has 1 aliphatic carbocycles. The Morgan fingerprint density at radius 2 is 1.96 bits per heavy atom. The minimum atomic E-state index is -0.234. The zero-order valence-electron chi connectivity index (χ0n) is 13.4. The minimum absolute atomic E-state index is 0.181. The molecule has 0 saturated heterocycles. The number of halogens is 1. The number of benzene rings is 1. The zero-order chi connectivity index (χ0) is 17.1. The summed E-state index contributed by atoms with van der Waals surface area (Å²) < 4.78 is 1.70. The highest BCUT2D eigenvalue weighted by molar-refractivity contribution is 6.32. The van der Waals surface area contributed by atoms with E-state index in [9.17, 15) is 4.79 Å². The Morgan fingerprint density at radius 1 is 1.29 bits per heavy atom. The van der Waals surface area contributed by atoms with Crippen LogP contribution in [-0.2, 0) is 0 Å². The number of nitrogens with zero attached hydrogens (tertiary/aromatic N) is 4. The summed E-state index contributed by atoms with van der Waals surface area (Å²) in [6.07, 6.45) is 5.46. The number of para-hydroxylation sites is 1. The van der Waals surface area contributed by atoms with Crippen LogP contribution in [0.2, 0.25) is 5.02 Å². The molecule has 24 heavy (non-hydrogen) atoms. The molecule has 0 atom stereocenters. The van der Waals surface area contributed by atoms with Gasteiger partial charge >= 0.3 is 0 Å². The van der Waals surface area contributed by atoms with E-state index < -0.39 is 0 Å². The van der Waals surface area contributed by atoms with Crippen LogP contribution in [0.3, 0.4) is 0 Å². The van der Waals surface area contributed by atoms with Gasteiger partial charge in [-0.05, 0) is 25.0 Å². The number of carbonyl (C=O) groups is 1. The Balaban J connectivity index is 2.00. The van der Waals surface area contributed by atoms with Crippen LogP contribution < -0.4 is 0 Å². The van der Waals surface area contributed by atoms with E-state index in [0.717, 1.165) is 24.4 Å². The normalized spacial score (nSPS) is 13.5. The zero-order valence-corrected chi connectivity index (χ0v) is 14.1. The van der Waals surface area contributed by atoms with Gasteiger partial charge in [0.25, 0.3) is 5.91 Å². The molecule has 0 aliphatic heterocycles. The number of hydrogen-bond donors (Lipinski definition) is 0. The lowest BCUT2D eigenvalue weighted by Crippen LogP contribution is -2.32. The molecule has 124 valence electrons. The summed E-state index contributed by atoms with van der Waals surface area (Å²) in [7, 11) is 0. The fourth-order valence-corrected chi connectivity index (χ4v) is 2.73. The molecule has 1 saturated carbocycles. The maximum atomic E-state index is 12.7. The molecule has 0 bridgehead atoms. The monoisotopic (exact) mass is 342 g/mol. The maximum Gasteiger partial charge on any atom is 0.294 e. The average Bonchev–Trinajstić information content (AvgIpc) is 3.33. The van der Waals surface area contributed by atoms with E-state index in [0.29, 0.717) is 24.0 Å². The van der Waals surface area contributed by atoms with Crippen molar-refractivity contribution in [1.29, 1.82) is 0 Å². The predicted octanol–water partition coefficient (Wildman–Crippen LogP) is 3.61. The minimum Gasteiger partial charge on any atom is -0.328 e. The first-order chi connectivity index (χ1) is 11.7. The molecule has 0 radical (unpaired) electrons. The van der Waals surface area contributed by atoms with E-state index in [4.69, 9.17) is 11.6 Å². The fraction of sp³-hybridized carbons (Fsp3) is 0.278. The van der Waals surface area contributed by atoms with Crippen LogP contribution in [0.15, 0.2) is 49.6 Å². The van der Waals surface area contributed by atoms with E-state index in [2.05, 4.69) is 23.2 Å². The standard InChI is InChI=1S/C18H19ClN4O/c1-3-11-22(12-4-2)18(24)16-20-17(13-9-10-13)23(21-16)15-8-6-5-7-14(15)19/h3-8,13H,1-2,9-12H2. The molecule has 0 unspecified atom stereocenters. The molecular formula is C18H19ClN4O. The van der Waals surface area contributed by atoms with E-state index in [1.165, 1.54) is 0 Å². The molecule has 1 aromatic carbocycles. The van der Waals surface area contributed by atoms with Crippen molar-refractivity contribution in [2.24, 2.45) is 0 Å². The second kappa shape index (κ2) is 7.01. The Bertz CT molecular complexity index is 769. The first-order valence-electron chi connectivity index (χ1n) is 7.88. The third-order valence-electron chi connectivity index (χ3n) is 3.83. The predicted molar refractivity (Wildman–Crippen MR) is 94.6 cm³/mol. The van der Waals surface area contributed by atoms with Crippen LogP contribution in [0.25, 0.3) is 5.69 Å². The van der Waals surface area contributed by atoms with E-state index in [1.54, 1.807) is 27.8 Å². The summed E-state index contributed by atoms with van der Waals surface area (Å²) in [4.78, 5) is 18.8. The number of rotatable bonds is 7. The van der Waals surface area contributed by atoms with Gasteiger partial charge in [-0.3, -0.25) is 4.79 Å². The first kappa shape index (κ1) is 16.5. The molecule has 1 aliphatic rings. The lowest BCUT2D eigenvalue weighted by atomic mass is 10.3. The summed E-state index contributed by atoms with van der Waals surface area (Å²) in [5, 5.41) is 5.03. The van der Waals surface area contributed by atoms with Crippen LogP contribution >= 0.6 is 11.6 Å². The van der Waals surface area contributed by atoms with Crippen molar-refractivity contribution in [3.8, 4) is 5.69 Å². The van der Waals surface area contributed by atoms with Crippen molar-refractivity contribution in [2.45, 2.75) is 18.8 Å². The van der Waals surface area contributed by atoms with Gasteiger partial charge in [-0.25, -0.2) is 9.67 Å². The second-order valence-corrected chi connectivity index (χ2v) is 6.13. The van der Waals surface area contributed by atoms with Crippen molar-refractivity contribution in [1.82, 2.24) is 19.7 Å². The quantitative estimate of drug-likeness (QED) is 0.722. The number of hydrogen-bond acceptors (Lipinski definition) is 3. The summed E-state index contributed by atoms with van der Waals surface area (Å²) in [6.45, 7) is 8.22. The van der Waals surface area contributed by atoms with Gasteiger partial charge in [0.2, 0.25) is 5.82 Å². The largest absolute Gasteiger partial charge is 0.328 e. The van der Waals surface area contributed by atoms with Gasteiger partial charge in [0.15, 0.2) is 0 Å². The second-order valence-electron chi connectivity index (χ2n) is 5.72. The molecule has 6 heteroatoms. The average molecular weight is 343 g/mol. The van der Waals surface area contributed by atoms with Crippen LogP contribution in [0, 0.1) is 0 Å². The number of amides is 1. The smallest absolute Gasteiger partial charge is 0.294 e. The fourth-order valence-electron chi connectivity index (χ4n) is 2.51. The lowest BCUT2D eigenvalue weighted by Gasteiger charge is -2.16. The number of carbonyl (C=O) groups excluding carboxylic acids is 1. The van der Waals surface area contributed by atoms with Crippen LogP contribution in [0.5, 0.6) is 0 Å². The van der Waals surface area contributed by atoms with Gasteiger partial charge < -0.3 is 4.90 Å².